The molecular formula is C18H18ClN3O3. The number of non-ortho nitro benzene ring substituents is 1. The van der Waals surface area contributed by atoms with Gasteiger partial charge in [-0.15, -0.1) is 0 Å². The van der Waals surface area contributed by atoms with Crippen LogP contribution in [0.25, 0.3) is 0 Å². The van der Waals surface area contributed by atoms with Crippen molar-refractivity contribution in [1.82, 2.24) is 4.90 Å². The van der Waals surface area contributed by atoms with Crippen LogP contribution in [0.4, 0.5) is 11.4 Å². The second-order valence-electron chi connectivity index (χ2n) is 6.03. The average Bonchev–Trinajstić information content (AvgIpc) is 2.61. The number of amides is 1. The van der Waals surface area contributed by atoms with E-state index in [1.165, 1.54) is 18.2 Å². The third-order valence-electron chi connectivity index (χ3n) is 4.51. The quantitative estimate of drug-likeness (QED) is 0.638. The van der Waals surface area contributed by atoms with E-state index in [-0.39, 0.29) is 17.6 Å². The van der Waals surface area contributed by atoms with Gasteiger partial charge >= 0.3 is 0 Å². The molecule has 130 valence electrons. The number of carbonyl (C=O) groups excluding carboxylic acids is 1. The Morgan fingerprint density at radius 2 is 2.04 bits per heavy atom. The first-order valence-electron chi connectivity index (χ1n) is 8.06. The predicted molar refractivity (Wildman–Crippen MR) is 96.8 cm³/mol. The monoisotopic (exact) mass is 359 g/mol. The number of nitro groups is 1. The summed E-state index contributed by atoms with van der Waals surface area (Å²) >= 11 is 6.32. The number of carbonyl (C=O) groups is 1. The fraction of sp³-hybridized carbons (Fsp3) is 0.278. The van der Waals surface area contributed by atoms with Crippen molar-refractivity contribution < 1.29 is 9.72 Å². The summed E-state index contributed by atoms with van der Waals surface area (Å²) in [5, 5.41) is 14.8. The predicted octanol–water partition coefficient (Wildman–Crippen LogP) is 4.61. The number of benzene rings is 2. The first-order chi connectivity index (χ1) is 11.9. The number of nitrogens with zero attached hydrogens (tertiary/aromatic N) is 2. The molecule has 6 nitrogen and oxygen atoms in total. The second kappa shape index (κ2) is 6.72. The van der Waals surface area contributed by atoms with Crippen molar-refractivity contribution >= 4 is 28.9 Å². The van der Waals surface area contributed by atoms with Gasteiger partial charge in [0.2, 0.25) is 0 Å². The molecule has 1 heterocycles. The average molecular weight is 360 g/mol. The lowest BCUT2D eigenvalue weighted by Gasteiger charge is -2.41. The Morgan fingerprint density at radius 1 is 1.32 bits per heavy atom. The molecule has 7 heteroatoms. The van der Waals surface area contributed by atoms with Gasteiger partial charge in [0.25, 0.3) is 11.6 Å². The normalized spacial score (nSPS) is 17.6. The van der Waals surface area contributed by atoms with Gasteiger partial charge in [-0.05, 0) is 31.5 Å². The highest BCUT2D eigenvalue weighted by Gasteiger charge is 2.36. The Labute approximate surface area is 150 Å². The molecular weight excluding hydrogens is 342 g/mol. The van der Waals surface area contributed by atoms with Crippen molar-refractivity contribution in [3.63, 3.8) is 0 Å². The highest BCUT2D eigenvalue weighted by Crippen LogP contribution is 2.38. The molecule has 1 N–H and O–H groups in total. The SMILES string of the molecule is CC[C@H](C)N1C(=O)c2ccccc2N[C@H]1c1cc([N+](=O)[O-])ccc1Cl. The number of nitrogens with one attached hydrogen (secondary N) is 1. The van der Waals surface area contributed by atoms with Crippen molar-refractivity contribution in [3.8, 4) is 0 Å². The Balaban J connectivity index is 2.14. The summed E-state index contributed by atoms with van der Waals surface area (Å²) in [7, 11) is 0. The number of rotatable bonds is 4. The van der Waals surface area contributed by atoms with Crippen molar-refractivity contribution in [2.24, 2.45) is 0 Å². The highest BCUT2D eigenvalue weighted by molar-refractivity contribution is 6.31. The van der Waals surface area contributed by atoms with Gasteiger partial charge in [-0.25, -0.2) is 0 Å². The van der Waals surface area contributed by atoms with Gasteiger partial charge in [0, 0.05) is 34.4 Å². The lowest BCUT2D eigenvalue weighted by atomic mass is 10.0. The van der Waals surface area contributed by atoms with Crippen LogP contribution < -0.4 is 5.32 Å². The Kier molecular flexibility index (Phi) is 4.63. The molecule has 0 saturated heterocycles. The van der Waals surface area contributed by atoms with Crippen LogP contribution in [0.3, 0.4) is 0 Å². The van der Waals surface area contributed by atoms with Crippen LogP contribution in [0.15, 0.2) is 42.5 Å². The van der Waals surface area contributed by atoms with Gasteiger partial charge < -0.3 is 10.2 Å². The minimum Gasteiger partial charge on any atom is -0.361 e. The Hall–Kier alpha value is -2.60. The van der Waals surface area contributed by atoms with Gasteiger partial charge in [0.05, 0.1) is 10.5 Å². The molecule has 0 saturated carbocycles. The molecule has 0 spiro atoms. The number of hydrogen-bond donors (Lipinski definition) is 1. The summed E-state index contributed by atoms with van der Waals surface area (Å²) in [5.41, 5.74) is 1.73. The fourth-order valence-electron chi connectivity index (χ4n) is 3.00. The molecule has 25 heavy (non-hydrogen) atoms. The number of fused-ring (bicyclic) bond motifs is 1. The maximum Gasteiger partial charge on any atom is 0.269 e. The summed E-state index contributed by atoms with van der Waals surface area (Å²) in [6.45, 7) is 3.94. The minimum atomic E-state index is -0.565. The molecule has 0 radical (unpaired) electrons. The molecule has 0 aromatic heterocycles. The zero-order valence-corrected chi connectivity index (χ0v) is 14.7. The fourth-order valence-corrected chi connectivity index (χ4v) is 3.22. The van der Waals surface area contributed by atoms with E-state index < -0.39 is 11.1 Å². The van der Waals surface area contributed by atoms with Crippen LogP contribution in [-0.4, -0.2) is 21.8 Å². The van der Waals surface area contributed by atoms with Gasteiger partial charge in [-0.2, -0.15) is 0 Å². The summed E-state index contributed by atoms with van der Waals surface area (Å²) in [5.74, 6) is -0.115. The zero-order valence-electron chi connectivity index (χ0n) is 13.9. The topological polar surface area (TPSA) is 75.5 Å². The largest absolute Gasteiger partial charge is 0.361 e. The van der Waals surface area contributed by atoms with Crippen LogP contribution >= 0.6 is 11.6 Å². The Bertz CT molecular complexity index is 840. The summed E-state index contributed by atoms with van der Waals surface area (Å²) in [6.07, 6.45) is 0.184. The van der Waals surface area contributed by atoms with Crippen molar-refractivity contribution in [2.75, 3.05) is 5.32 Å². The molecule has 0 fully saturated rings. The minimum absolute atomic E-state index is 0.0587. The third-order valence-corrected chi connectivity index (χ3v) is 4.86. The van der Waals surface area contributed by atoms with Gasteiger partial charge in [-0.1, -0.05) is 30.7 Å². The Morgan fingerprint density at radius 3 is 2.72 bits per heavy atom. The van der Waals surface area contributed by atoms with Crippen LogP contribution in [-0.2, 0) is 0 Å². The van der Waals surface area contributed by atoms with Crippen LogP contribution in [0.1, 0.15) is 42.4 Å². The molecule has 2 aromatic carbocycles. The van der Waals surface area contributed by atoms with E-state index in [1.807, 2.05) is 32.0 Å². The van der Waals surface area contributed by atoms with E-state index in [2.05, 4.69) is 5.32 Å². The molecule has 1 aliphatic heterocycles. The van der Waals surface area contributed by atoms with Gasteiger partial charge in [-0.3, -0.25) is 14.9 Å². The zero-order chi connectivity index (χ0) is 18.1. The van der Waals surface area contributed by atoms with Crippen LogP contribution in [0, 0.1) is 10.1 Å². The third kappa shape index (κ3) is 3.05. The van der Waals surface area contributed by atoms with Crippen molar-refractivity contribution in [2.45, 2.75) is 32.5 Å². The van der Waals surface area contributed by atoms with Crippen molar-refractivity contribution in [3.05, 3.63) is 68.7 Å². The maximum atomic E-state index is 13.0. The number of anilines is 1. The maximum absolute atomic E-state index is 13.0. The highest BCUT2D eigenvalue weighted by atomic mass is 35.5. The van der Waals surface area contributed by atoms with Gasteiger partial charge in [0.1, 0.15) is 6.17 Å². The molecule has 3 rings (SSSR count). The molecule has 2 atom stereocenters. The van der Waals surface area contributed by atoms with Gasteiger partial charge in [0.15, 0.2) is 0 Å². The lowest BCUT2D eigenvalue weighted by Crippen LogP contribution is -2.47. The van der Waals surface area contributed by atoms with E-state index in [4.69, 9.17) is 11.6 Å². The standard InChI is InChI=1S/C18H18ClN3O3/c1-3-11(2)21-17(14-10-12(22(24)25)8-9-15(14)19)20-16-7-5-4-6-13(16)18(21)23/h4-11,17,20H,3H2,1-2H3/t11-,17+/m0/s1. The summed E-state index contributed by atoms with van der Waals surface area (Å²) in [6, 6.07) is 11.5. The lowest BCUT2D eigenvalue weighted by molar-refractivity contribution is -0.384. The summed E-state index contributed by atoms with van der Waals surface area (Å²) < 4.78 is 0. The number of halogens is 1. The van der Waals surface area contributed by atoms with Crippen LogP contribution in [0.2, 0.25) is 5.02 Å². The molecule has 0 aliphatic carbocycles. The van der Waals surface area contributed by atoms with Crippen LogP contribution in [0.5, 0.6) is 0 Å². The summed E-state index contributed by atoms with van der Waals surface area (Å²) in [4.78, 5) is 25.4. The first-order valence-corrected chi connectivity index (χ1v) is 8.44. The van der Waals surface area contributed by atoms with E-state index >= 15 is 0 Å². The van der Waals surface area contributed by atoms with E-state index in [0.717, 1.165) is 6.42 Å². The molecule has 2 aromatic rings. The smallest absolute Gasteiger partial charge is 0.269 e. The number of nitro benzene ring substituents is 1. The molecule has 0 unspecified atom stereocenters. The molecule has 1 amide bonds. The van der Waals surface area contributed by atoms with E-state index in [0.29, 0.717) is 21.8 Å². The molecule has 1 aliphatic rings. The number of hydrogen-bond acceptors (Lipinski definition) is 4. The first kappa shape index (κ1) is 17.2. The van der Waals surface area contributed by atoms with E-state index in [9.17, 15) is 14.9 Å². The van der Waals surface area contributed by atoms with E-state index in [1.54, 1.807) is 11.0 Å². The van der Waals surface area contributed by atoms with Crippen molar-refractivity contribution in [1.29, 1.82) is 0 Å². The molecule has 0 bridgehead atoms. The number of para-hydroxylation sites is 1. The second-order valence-corrected chi connectivity index (χ2v) is 6.43.